The van der Waals surface area contributed by atoms with Crippen LogP contribution in [0.5, 0.6) is 0 Å². The van der Waals surface area contributed by atoms with Crippen molar-refractivity contribution >= 4 is 12.0 Å². The summed E-state index contributed by atoms with van der Waals surface area (Å²) in [7, 11) is 0. The summed E-state index contributed by atoms with van der Waals surface area (Å²) < 4.78 is 10.8. The predicted molar refractivity (Wildman–Crippen MR) is 104 cm³/mol. The van der Waals surface area contributed by atoms with Crippen molar-refractivity contribution in [2.45, 2.75) is 66.5 Å². The summed E-state index contributed by atoms with van der Waals surface area (Å²) in [4.78, 5) is 26.7. The molecule has 0 aromatic heterocycles. The summed E-state index contributed by atoms with van der Waals surface area (Å²) >= 11 is 0. The summed E-state index contributed by atoms with van der Waals surface area (Å²) in [6.45, 7) is 17.9. The zero-order valence-electron chi connectivity index (χ0n) is 17.7. The molecular weight excluding hydrogens is 334 g/mol. The highest BCUT2D eigenvalue weighted by Gasteiger charge is 2.27. The van der Waals surface area contributed by atoms with E-state index in [9.17, 15) is 9.59 Å². The molecule has 0 aromatic carbocycles. The number of rotatable bonds is 12. The van der Waals surface area contributed by atoms with Crippen molar-refractivity contribution in [2.24, 2.45) is 5.92 Å². The number of alkyl carbamates (subject to hydrolysis) is 1. The Labute approximate surface area is 159 Å². The van der Waals surface area contributed by atoms with E-state index >= 15 is 0 Å². The number of carbonyl (C=O) groups excluding carboxylic acids is 2. The lowest BCUT2D eigenvalue weighted by atomic mass is 9.98. The molecule has 2 atom stereocenters. The van der Waals surface area contributed by atoms with Crippen molar-refractivity contribution in [3.05, 3.63) is 0 Å². The summed E-state index contributed by atoms with van der Waals surface area (Å²) in [5.41, 5.74) is -0.598. The van der Waals surface area contributed by atoms with E-state index in [1.165, 1.54) is 0 Å². The lowest BCUT2D eigenvalue weighted by molar-refractivity contribution is -0.124. The molecule has 0 heterocycles. The Hall–Kier alpha value is -1.34. The molecular formula is C19H39N3O4. The Kier molecular flexibility index (Phi) is 12.3. The molecule has 0 bridgehead atoms. The van der Waals surface area contributed by atoms with Crippen LogP contribution in [0.1, 0.15) is 54.9 Å². The molecule has 26 heavy (non-hydrogen) atoms. The number of hydrogen-bond acceptors (Lipinski definition) is 5. The maximum atomic E-state index is 12.4. The summed E-state index contributed by atoms with van der Waals surface area (Å²) in [5, 5.41) is 5.52. The first-order valence-corrected chi connectivity index (χ1v) is 9.71. The molecule has 0 aliphatic heterocycles. The first-order chi connectivity index (χ1) is 12.1. The van der Waals surface area contributed by atoms with Crippen LogP contribution >= 0.6 is 0 Å². The van der Waals surface area contributed by atoms with Gasteiger partial charge in [0, 0.05) is 13.1 Å². The Morgan fingerprint density at radius 2 is 1.69 bits per heavy atom. The third-order valence-electron chi connectivity index (χ3n) is 4.16. The van der Waals surface area contributed by atoms with E-state index in [0.29, 0.717) is 19.8 Å². The van der Waals surface area contributed by atoms with Crippen molar-refractivity contribution in [2.75, 3.05) is 39.4 Å². The molecule has 0 aromatic rings. The molecule has 154 valence electrons. The van der Waals surface area contributed by atoms with Crippen molar-refractivity contribution < 1.29 is 19.1 Å². The molecule has 0 fully saturated rings. The zero-order chi connectivity index (χ0) is 20.2. The van der Waals surface area contributed by atoms with Crippen molar-refractivity contribution in [1.82, 2.24) is 15.5 Å². The second kappa shape index (κ2) is 12.9. The Morgan fingerprint density at radius 1 is 1.08 bits per heavy atom. The van der Waals surface area contributed by atoms with E-state index in [-0.39, 0.29) is 11.8 Å². The Morgan fingerprint density at radius 3 is 2.19 bits per heavy atom. The van der Waals surface area contributed by atoms with E-state index in [2.05, 4.69) is 29.4 Å². The summed E-state index contributed by atoms with van der Waals surface area (Å²) in [6.07, 6.45) is 0.197. The van der Waals surface area contributed by atoms with E-state index in [1.54, 1.807) is 20.8 Å². The number of nitrogens with one attached hydrogen (secondary N) is 2. The third-order valence-corrected chi connectivity index (χ3v) is 4.16. The smallest absolute Gasteiger partial charge is 0.408 e. The average molecular weight is 374 g/mol. The lowest BCUT2D eigenvalue weighted by Gasteiger charge is -2.26. The summed E-state index contributed by atoms with van der Waals surface area (Å²) in [5.74, 6) is -0.205. The number of ether oxygens (including phenoxy) is 2. The van der Waals surface area contributed by atoms with Gasteiger partial charge in [-0.1, -0.05) is 34.1 Å². The molecule has 7 heteroatoms. The number of hydrogen-bond donors (Lipinski definition) is 2. The number of carbonyl (C=O) groups is 2. The van der Waals surface area contributed by atoms with Crippen molar-refractivity contribution in [3.63, 3.8) is 0 Å². The molecule has 2 unspecified atom stereocenters. The van der Waals surface area contributed by atoms with Gasteiger partial charge in [0.05, 0.1) is 13.2 Å². The van der Waals surface area contributed by atoms with Crippen LogP contribution in [0.3, 0.4) is 0 Å². The van der Waals surface area contributed by atoms with Gasteiger partial charge in [-0.25, -0.2) is 4.79 Å². The van der Waals surface area contributed by atoms with Gasteiger partial charge < -0.3 is 25.0 Å². The van der Waals surface area contributed by atoms with Crippen LogP contribution in [0.15, 0.2) is 0 Å². The normalized spacial score (nSPS) is 14.0. The van der Waals surface area contributed by atoms with Gasteiger partial charge in [0.2, 0.25) is 5.91 Å². The number of amides is 2. The largest absolute Gasteiger partial charge is 0.444 e. The van der Waals surface area contributed by atoms with E-state index in [4.69, 9.17) is 9.47 Å². The molecule has 2 amide bonds. The third kappa shape index (κ3) is 11.3. The van der Waals surface area contributed by atoms with Gasteiger partial charge in [-0.2, -0.15) is 0 Å². The predicted octanol–water partition coefficient (Wildman–Crippen LogP) is 2.40. The molecule has 0 radical (unpaired) electrons. The van der Waals surface area contributed by atoms with Crippen LogP contribution < -0.4 is 10.6 Å². The Bertz CT molecular complexity index is 406. The maximum Gasteiger partial charge on any atom is 0.408 e. The standard InChI is InChI=1S/C19H39N3O4/c1-8-15(4)16(21-18(24)26-19(5,6)7)17(23)20-11-13-25-14-12-22(9-2)10-3/h15-16H,8-14H2,1-7H3,(H,20,23)(H,21,24). The highest BCUT2D eigenvalue weighted by Crippen LogP contribution is 2.11. The first kappa shape index (κ1) is 24.7. The molecule has 0 saturated carbocycles. The SMILES string of the molecule is CCC(C)C(NC(=O)OC(C)(C)C)C(=O)NCCOCCN(CC)CC. The molecule has 2 N–H and O–H groups in total. The minimum atomic E-state index is -0.620. The monoisotopic (exact) mass is 373 g/mol. The Balaban J connectivity index is 4.30. The lowest BCUT2D eigenvalue weighted by Crippen LogP contribution is -2.51. The van der Waals surface area contributed by atoms with Gasteiger partial charge in [0.15, 0.2) is 0 Å². The number of likely N-dealkylation sites (N-methyl/N-ethyl adjacent to an activating group) is 1. The maximum absolute atomic E-state index is 12.4. The zero-order valence-corrected chi connectivity index (χ0v) is 17.7. The molecule has 7 nitrogen and oxygen atoms in total. The van der Waals surface area contributed by atoms with Crippen LogP contribution in [0.4, 0.5) is 4.79 Å². The van der Waals surface area contributed by atoms with Crippen molar-refractivity contribution in [1.29, 1.82) is 0 Å². The molecule has 0 aliphatic carbocycles. The van der Waals surface area contributed by atoms with Crippen LogP contribution in [-0.4, -0.2) is 67.9 Å². The average Bonchev–Trinajstić information content (AvgIpc) is 2.56. The van der Waals surface area contributed by atoms with E-state index in [0.717, 1.165) is 26.1 Å². The van der Waals surface area contributed by atoms with Crippen molar-refractivity contribution in [3.8, 4) is 0 Å². The first-order valence-electron chi connectivity index (χ1n) is 9.71. The second-order valence-corrected chi connectivity index (χ2v) is 7.44. The fourth-order valence-corrected chi connectivity index (χ4v) is 2.33. The van der Waals surface area contributed by atoms with Crippen LogP contribution in [0, 0.1) is 5.92 Å². The van der Waals surface area contributed by atoms with Gasteiger partial charge in [-0.3, -0.25) is 4.79 Å². The highest BCUT2D eigenvalue weighted by atomic mass is 16.6. The van der Waals surface area contributed by atoms with Gasteiger partial charge in [0.25, 0.3) is 0 Å². The van der Waals surface area contributed by atoms with E-state index < -0.39 is 17.7 Å². The van der Waals surface area contributed by atoms with E-state index in [1.807, 2.05) is 13.8 Å². The topological polar surface area (TPSA) is 79.9 Å². The van der Waals surface area contributed by atoms with Crippen LogP contribution in [0.2, 0.25) is 0 Å². The molecule has 0 saturated heterocycles. The van der Waals surface area contributed by atoms with Crippen LogP contribution in [-0.2, 0) is 14.3 Å². The highest BCUT2D eigenvalue weighted by molar-refractivity contribution is 5.85. The van der Waals surface area contributed by atoms with Crippen LogP contribution in [0.25, 0.3) is 0 Å². The number of nitrogens with zero attached hydrogens (tertiary/aromatic N) is 1. The molecule has 0 aliphatic rings. The minimum Gasteiger partial charge on any atom is -0.444 e. The quantitative estimate of drug-likeness (QED) is 0.514. The summed E-state index contributed by atoms with van der Waals surface area (Å²) in [6, 6.07) is -0.620. The fourth-order valence-electron chi connectivity index (χ4n) is 2.33. The second-order valence-electron chi connectivity index (χ2n) is 7.44. The molecule has 0 rings (SSSR count). The van der Waals surface area contributed by atoms with Gasteiger partial charge in [-0.15, -0.1) is 0 Å². The van der Waals surface area contributed by atoms with Gasteiger partial charge in [0.1, 0.15) is 11.6 Å². The minimum absolute atomic E-state index is 0.00565. The van der Waals surface area contributed by atoms with Gasteiger partial charge >= 0.3 is 6.09 Å². The van der Waals surface area contributed by atoms with Gasteiger partial charge in [-0.05, 0) is 39.8 Å². The fraction of sp³-hybridized carbons (Fsp3) is 0.895. The molecule has 0 spiro atoms.